The van der Waals surface area contributed by atoms with Crippen molar-refractivity contribution in [2.24, 2.45) is 0 Å². The Labute approximate surface area is 155 Å². The number of nitrogens with one attached hydrogen (secondary N) is 2. The first-order valence-corrected chi connectivity index (χ1v) is 8.61. The van der Waals surface area contributed by atoms with Crippen LogP contribution in [0.3, 0.4) is 0 Å². The van der Waals surface area contributed by atoms with E-state index in [1.165, 1.54) is 6.07 Å². The summed E-state index contributed by atoms with van der Waals surface area (Å²) >= 11 is 6.20. The normalized spacial score (nSPS) is 18.7. The lowest BCUT2D eigenvalue weighted by Gasteiger charge is -2.35. The molecule has 4 rings (SSSR count). The first-order valence-electron chi connectivity index (χ1n) is 8.24. The Morgan fingerprint density at radius 2 is 1.65 bits per heavy atom. The third kappa shape index (κ3) is 3.03. The molecule has 26 heavy (non-hydrogen) atoms. The Morgan fingerprint density at radius 1 is 0.923 bits per heavy atom. The summed E-state index contributed by atoms with van der Waals surface area (Å²) < 4.78 is 0. The van der Waals surface area contributed by atoms with Crippen molar-refractivity contribution in [2.45, 2.75) is 12.2 Å². The van der Waals surface area contributed by atoms with E-state index in [9.17, 15) is 10.1 Å². The zero-order valence-corrected chi connectivity index (χ0v) is 14.5. The molecule has 2 atom stereocenters. The molecule has 0 aromatic heterocycles. The molecule has 0 saturated heterocycles. The number of rotatable bonds is 3. The molecule has 0 spiro atoms. The van der Waals surface area contributed by atoms with Crippen LogP contribution in [0.25, 0.3) is 0 Å². The molecule has 2 unspecified atom stereocenters. The number of fused-ring (bicyclic) bond motifs is 1. The molecule has 0 fully saturated rings. The molecule has 0 saturated carbocycles. The Morgan fingerprint density at radius 3 is 2.42 bits per heavy atom. The quantitative estimate of drug-likeness (QED) is 0.503. The van der Waals surface area contributed by atoms with Gasteiger partial charge in [0.1, 0.15) is 6.17 Å². The number of hydrogen-bond donors (Lipinski definition) is 2. The van der Waals surface area contributed by atoms with Crippen molar-refractivity contribution in [2.75, 3.05) is 5.32 Å². The maximum Gasteiger partial charge on any atom is 0.276 e. The van der Waals surface area contributed by atoms with Crippen LogP contribution in [0.4, 0.5) is 11.4 Å². The summed E-state index contributed by atoms with van der Waals surface area (Å²) in [5.41, 5.74) is 3.67. The van der Waals surface area contributed by atoms with Crippen LogP contribution < -0.4 is 10.6 Å². The molecule has 0 radical (unpaired) electrons. The van der Waals surface area contributed by atoms with Gasteiger partial charge in [-0.05, 0) is 35.4 Å². The van der Waals surface area contributed by atoms with Gasteiger partial charge in [0, 0.05) is 16.8 Å². The topological polar surface area (TPSA) is 67.2 Å². The van der Waals surface area contributed by atoms with E-state index in [0.29, 0.717) is 10.6 Å². The summed E-state index contributed by atoms with van der Waals surface area (Å²) in [5, 5.41) is 18.9. The van der Waals surface area contributed by atoms with Gasteiger partial charge in [-0.3, -0.25) is 15.4 Å². The van der Waals surface area contributed by atoms with Gasteiger partial charge in [-0.25, -0.2) is 0 Å². The van der Waals surface area contributed by atoms with Gasteiger partial charge in [-0.15, -0.1) is 0 Å². The second kappa shape index (κ2) is 6.78. The summed E-state index contributed by atoms with van der Waals surface area (Å²) in [6, 6.07) is 22.3. The van der Waals surface area contributed by atoms with Crippen LogP contribution in [0.2, 0.25) is 5.02 Å². The number of nitro benzene ring substituents is 1. The van der Waals surface area contributed by atoms with Crippen LogP contribution in [-0.2, 0) is 0 Å². The third-order valence-corrected chi connectivity index (χ3v) is 4.77. The Balaban J connectivity index is 1.82. The molecular formula is C20H16ClN3O2. The molecule has 5 nitrogen and oxygen atoms in total. The minimum Gasteiger partial charge on any atom is -0.365 e. The van der Waals surface area contributed by atoms with Crippen LogP contribution in [-0.4, -0.2) is 4.92 Å². The highest BCUT2D eigenvalue weighted by Gasteiger charge is 2.31. The maximum atomic E-state index is 11.4. The Kier molecular flexibility index (Phi) is 4.32. The van der Waals surface area contributed by atoms with E-state index >= 15 is 0 Å². The maximum absolute atomic E-state index is 11.4. The highest BCUT2D eigenvalue weighted by atomic mass is 35.5. The minimum atomic E-state index is -0.393. The van der Waals surface area contributed by atoms with E-state index in [-0.39, 0.29) is 16.7 Å². The summed E-state index contributed by atoms with van der Waals surface area (Å²) in [5.74, 6) is 0. The zero-order valence-electron chi connectivity index (χ0n) is 13.7. The van der Waals surface area contributed by atoms with Gasteiger partial charge in [0.2, 0.25) is 0 Å². The smallest absolute Gasteiger partial charge is 0.276 e. The monoisotopic (exact) mass is 365 g/mol. The molecule has 1 heterocycles. The van der Waals surface area contributed by atoms with Gasteiger partial charge in [-0.1, -0.05) is 54.1 Å². The van der Waals surface area contributed by atoms with Crippen LogP contribution in [0.1, 0.15) is 28.9 Å². The van der Waals surface area contributed by atoms with E-state index in [1.54, 1.807) is 18.2 Å². The number of para-hydroxylation sites is 1. The van der Waals surface area contributed by atoms with Crippen molar-refractivity contribution in [3.05, 3.63) is 105 Å². The Bertz CT molecular complexity index is 962. The lowest BCUT2D eigenvalue weighted by atomic mass is 9.93. The van der Waals surface area contributed by atoms with Crippen molar-refractivity contribution in [3.63, 3.8) is 0 Å². The summed E-state index contributed by atoms with van der Waals surface area (Å²) in [6.07, 6.45) is -0.393. The number of benzene rings is 3. The summed E-state index contributed by atoms with van der Waals surface area (Å²) in [6.45, 7) is 0. The Hall–Kier alpha value is -2.89. The lowest BCUT2D eigenvalue weighted by molar-refractivity contribution is -0.385. The standard InChI is InChI=1S/C20H16ClN3O2/c21-14-10-11-17-16(12-14)19(13-6-2-1-3-7-13)23-20(22-17)15-8-4-5-9-18(15)24(25)26/h1-12,19-20,22-23H. The van der Waals surface area contributed by atoms with Gasteiger partial charge < -0.3 is 5.32 Å². The van der Waals surface area contributed by atoms with Crippen LogP contribution in [0, 0.1) is 10.1 Å². The average Bonchev–Trinajstić information content (AvgIpc) is 2.68. The van der Waals surface area contributed by atoms with Crippen molar-refractivity contribution in [1.82, 2.24) is 5.32 Å². The van der Waals surface area contributed by atoms with E-state index in [0.717, 1.165) is 16.8 Å². The molecular weight excluding hydrogens is 350 g/mol. The van der Waals surface area contributed by atoms with Crippen molar-refractivity contribution in [1.29, 1.82) is 0 Å². The van der Waals surface area contributed by atoms with Crippen molar-refractivity contribution >= 4 is 23.0 Å². The lowest BCUT2D eigenvalue weighted by Crippen LogP contribution is -2.37. The first-order chi connectivity index (χ1) is 12.6. The molecule has 1 aliphatic heterocycles. The molecule has 3 aromatic rings. The molecule has 0 aliphatic carbocycles. The second-order valence-corrected chi connectivity index (χ2v) is 6.57. The molecule has 130 valence electrons. The van der Waals surface area contributed by atoms with E-state index < -0.39 is 6.17 Å². The van der Waals surface area contributed by atoms with Crippen molar-refractivity contribution < 1.29 is 4.92 Å². The first kappa shape index (κ1) is 16.6. The van der Waals surface area contributed by atoms with Crippen LogP contribution in [0.15, 0.2) is 72.8 Å². The fraction of sp³-hybridized carbons (Fsp3) is 0.100. The highest BCUT2D eigenvalue weighted by molar-refractivity contribution is 6.30. The molecule has 2 N–H and O–H groups in total. The number of anilines is 1. The SMILES string of the molecule is O=[N+]([O-])c1ccccc1C1Nc2ccc(Cl)cc2C(c2ccccc2)N1. The summed E-state index contributed by atoms with van der Waals surface area (Å²) in [4.78, 5) is 11.1. The van der Waals surface area contributed by atoms with E-state index in [2.05, 4.69) is 10.6 Å². The molecule has 1 aliphatic rings. The third-order valence-electron chi connectivity index (χ3n) is 4.54. The number of hydrogen-bond acceptors (Lipinski definition) is 4. The van der Waals surface area contributed by atoms with E-state index in [4.69, 9.17) is 11.6 Å². The highest BCUT2D eigenvalue weighted by Crippen LogP contribution is 2.39. The van der Waals surface area contributed by atoms with Gasteiger partial charge in [-0.2, -0.15) is 0 Å². The number of nitro groups is 1. The predicted octanol–water partition coefficient (Wildman–Crippen LogP) is 5.05. The number of nitrogens with zero attached hydrogens (tertiary/aromatic N) is 1. The van der Waals surface area contributed by atoms with Gasteiger partial charge in [0.15, 0.2) is 0 Å². The molecule has 3 aromatic carbocycles. The van der Waals surface area contributed by atoms with Gasteiger partial charge in [0.25, 0.3) is 5.69 Å². The molecule has 0 bridgehead atoms. The van der Waals surface area contributed by atoms with Crippen molar-refractivity contribution in [3.8, 4) is 0 Å². The fourth-order valence-electron chi connectivity index (χ4n) is 3.34. The molecule has 0 amide bonds. The zero-order chi connectivity index (χ0) is 18.1. The predicted molar refractivity (Wildman–Crippen MR) is 102 cm³/mol. The van der Waals surface area contributed by atoms with E-state index in [1.807, 2.05) is 48.5 Å². The second-order valence-electron chi connectivity index (χ2n) is 6.14. The fourth-order valence-corrected chi connectivity index (χ4v) is 3.52. The summed E-state index contributed by atoms with van der Waals surface area (Å²) in [7, 11) is 0. The van der Waals surface area contributed by atoms with Crippen LogP contribution >= 0.6 is 11.6 Å². The average molecular weight is 366 g/mol. The minimum absolute atomic E-state index is 0.0849. The van der Waals surface area contributed by atoms with Gasteiger partial charge >= 0.3 is 0 Å². The van der Waals surface area contributed by atoms with Crippen LogP contribution in [0.5, 0.6) is 0 Å². The number of halogens is 1. The molecule has 6 heteroatoms. The largest absolute Gasteiger partial charge is 0.365 e. The van der Waals surface area contributed by atoms with Gasteiger partial charge in [0.05, 0.1) is 16.5 Å².